The van der Waals surface area contributed by atoms with E-state index in [0.717, 1.165) is 41.6 Å². The van der Waals surface area contributed by atoms with E-state index in [9.17, 15) is 14.7 Å². The molecule has 1 N–H and O–H groups in total. The van der Waals surface area contributed by atoms with E-state index >= 15 is 0 Å². The summed E-state index contributed by atoms with van der Waals surface area (Å²) in [5.41, 5.74) is 1.70. The number of benzene rings is 1. The Morgan fingerprint density at radius 1 is 0.895 bits per heavy atom. The van der Waals surface area contributed by atoms with Gasteiger partial charge >= 0.3 is 5.97 Å². The highest BCUT2D eigenvalue weighted by Gasteiger charge is 2.48. The van der Waals surface area contributed by atoms with Crippen LogP contribution in [-0.4, -0.2) is 56.7 Å². The van der Waals surface area contributed by atoms with E-state index in [1.807, 2.05) is 29.2 Å². The number of fused-ring (bicyclic) bond motifs is 5. The lowest BCUT2D eigenvalue weighted by Crippen LogP contribution is -2.61. The maximum atomic E-state index is 14.0. The first kappa shape index (κ1) is 24.6. The molecule has 6 unspecified atom stereocenters. The van der Waals surface area contributed by atoms with E-state index in [2.05, 4.69) is 23.3 Å². The Bertz CT molecular complexity index is 1270. The molecule has 2 aliphatic carbocycles. The average molecular weight is 519 g/mol. The predicted molar refractivity (Wildman–Crippen MR) is 148 cm³/mol. The van der Waals surface area contributed by atoms with Gasteiger partial charge in [-0.1, -0.05) is 26.0 Å². The molecule has 4 bridgehead atoms. The Hall–Kier alpha value is -2.41. The van der Waals surface area contributed by atoms with E-state index in [-0.39, 0.29) is 11.6 Å². The molecule has 5 aliphatic rings. The summed E-state index contributed by atoms with van der Waals surface area (Å²) >= 11 is 0. The summed E-state index contributed by atoms with van der Waals surface area (Å²) in [7, 11) is 0. The third-order valence-corrected chi connectivity index (χ3v) is 10.9. The molecule has 3 aliphatic heterocycles. The monoisotopic (exact) mass is 518 g/mol. The smallest absolute Gasteiger partial charge is 0.310 e. The van der Waals surface area contributed by atoms with Crippen LogP contribution in [0.5, 0.6) is 0 Å². The van der Waals surface area contributed by atoms with Gasteiger partial charge in [-0.2, -0.15) is 0 Å². The number of nitrogens with zero attached hydrogens (tertiary/aromatic N) is 4. The highest BCUT2D eigenvalue weighted by Crippen LogP contribution is 2.49. The van der Waals surface area contributed by atoms with Gasteiger partial charge < -0.3 is 14.6 Å². The summed E-state index contributed by atoms with van der Waals surface area (Å²) in [4.78, 5) is 35.0. The van der Waals surface area contributed by atoms with Crippen LogP contribution in [0.3, 0.4) is 0 Å². The highest BCUT2D eigenvalue weighted by atomic mass is 16.4. The summed E-state index contributed by atoms with van der Waals surface area (Å²) in [6.45, 7) is 5.61. The Kier molecular flexibility index (Phi) is 6.06. The number of anilines is 1. The molecule has 1 aromatic heterocycles. The van der Waals surface area contributed by atoms with Gasteiger partial charge in [-0.3, -0.25) is 14.5 Å². The lowest BCUT2D eigenvalue weighted by molar-refractivity contribution is -0.142. The van der Waals surface area contributed by atoms with Gasteiger partial charge in [0.1, 0.15) is 0 Å². The van der Waals surface area contributed by atoms with Crippen LogP contribution < -0.4 is 10.5 Å². The van der Waals surface area contributed by atoms with Crippen LogP contribution in [0.25, 0.3) is 11.0 Å². The van der Waals surface area contributed by atoms with E-state index in [0.29, 0.717) is 43.0 Å². The quantitative estimate of drug-likeness (QED) is 0.618. The molecular weight excluding hydrogens is 476 g/mol. The van der Waals surface area contributed by atoms with Gasteiger partial charge in [0.25, 0.3) is 5.56 Å². The highest BCUT2D eigenvalue weighted by molar-refractivity contribution is 5.78. The minimum Gasteiger partial charge on any atom is -0.481 e. The minimum absolute atomic E-state index is 0.0436. The molecule has 6 atom stereocenters. The lowest BCUT2D eigenvalue weighted by atomic mass is 9.65. The fourth-order valence-electron chi connectivity index (χ4n) is 9.33. The molecule has 0 radical (unpaired) electrons. The number of carboxylic acids is 1. The number of aromatic nitrogens is 2. The van der Waals surface area contributed by atoms with Crippen molar-refractivity contribution in [2.45, 2.75) is 95.8 Å². The molecule has 204 valence electrons. The summed E-state index contributed by atoms with van der Waals surface area (Å²) < 4.78 is 2.05. The number of carboxylic acid groups (broad SMARTS) is 1. The van der Waals surface area contributed by atoms with Crippen molar-refractivity contribution < 1.29 is 9.90 Å². The number of para-hydroxylation sites is 2. The maximum Gasteiger partial charge on any atom is 0.310 e. The first-order valence-electron chi connectivity index (χ1n) is 15.1. The van der Waals surface area contributed by atoms with Gasteiger partial charge in [-0.05, 0) is 93.6 Å². The number of hydrogen-bond donors (Lipinski definition) is 1. The van der Waals surface area contributed by atoms with Crippen LogP contribution in [-0.2, 0) is 4.79 Å². The Morgan fingerprint density at radius 3 is 2.37 bits per heavy atom. The molecule has 7 heteroatoms. The molecule has 1 aromatic carbocycles. The summed E-state index contributed by atoms with van der Waals surface area (Å²) in [5.74, 6) is 2.55. The second-order valence-electron chi connectivity index (χ2n) is 13.6. The average Bonchev–Trinajstić information content (AvgIpc) is 2.84. The third kappa shape index (κ3) is 4.07. The molecule has 3 saturated heterocycles. The Balaban J connectivity index is 1.21. The number of piperidine rings is 2. The van der Waals surface area contributed by atoms with Crippen LogP contribution in [0, 0.1) is 29.6 Å². The van der Waals surface area contributed by atoms with Crippen LogP contribution >= 0.6 is 0 Å². The lowest BCUT2D eigenvalue weighted by Gasteiger charge is -2.57. The fourth-order valence-corrected chi connectivity index (χ4v) is 9.33. The van der Waals surface area contributed by atoms with Gasteiger partial charge in [0.15, 0.2) is 5.82 Å². The summed E-state index contributed by atoms with van der Waals surface area (Å²) in [6.07, 6.45) is 11.6. The van der Waals surface area contributed by atoms with Gasteiger partial charge in [0, 0.05) is 37.3 Å². The molecule has 0 amide bonds. The van der Waals surface area contributed by atoms with Crippen molar-refractivity contribution in [3.8, 4) is 0 Å². The number of aliphatic carboxylic acids is 1. The second kappa shape index (κ2) is 9.35. The van der Waals surface area contributed by atoms with Gasteiger partial charge in [0.05, 0.1) is 17.0 Å². The zero-order chi connectivity index (χ0) is 26.1. The number of hydrogen-bond acceptors (Lipinski definition) is 5. The zero-order valence-electron chi connectivity index (χ0n) is 22.8. The van der Waals surface area contributed by atoms with Crippen LogP contribution in [0.2, 0.25) is 0 Å². The number of rotatable bonds is 4. The van der Waals surface area contributed by atoms with E-state index in [1.54, 1.807) is 0 Å². The molecule has 4 heterocycles. The normalized spacial score (nSPS) is 37.7. The van der Waals surface area contributed by atoms with Crippen LogP contribution in [0.15, 0.2) is 29.1 Å². The Labute approximate surface area is 225 Å². The maximum absolute atomic E-state index is 14.0. The largest absolute Gasteiger partial charge is 0.481 e. The van der Waals surface area contributed by atoms with Gasteiger partial charge in [-0.25, -0.2) is 4.98 Å². The van der Waals surface area contributed by atoms with Crippen LogP contribution in [0.1, 0.15) is 77.7 Å². The van der Waals surface area contributed by atoms with Gasteiger partial charge in [0.2, 0.25) is 0 Å². The predicted octanol–water partition coefficient (Wildman–Crippen LogP) is 4.94. The van der Waals surface area contributed by atoms with Crippen molar-refractivity contribution in [2.75, 3.05) is 18.0 Å². The minimum atomic E-state index is -0.794. The first-order valence-corrected chi connectivity index (χ1v) is 15.1. The molecular formula is C31H42N4O3. The second-order valence-corrected chi connectivity index (χ2v) is 13.6. The van der Waals surface area contributed by atoms with Crippen molar-refractivity contribution in [3.05, 3.63) is 34.6 Å². The standard InChI is InChI=1S/C31H42N4O3/c1-18-9-20-11-21(10-18)13-24(12-20)34-23-8-7-19(2)28(34)15-25(14-23)35-27-6-4-3-5-26(27)32-29(30(35)36)33-16-22(17-33)31(37)38/h3-6,18-25,28H,7-17H2,1-2H3,(H,37,38). The fraction of sp³-hybridized carbons (Fsp3) is 0.710. The molecule has 7 rings (SSSR count). The Morgan fingerprint density at radius 2 is 1.63 bits per heavy atom. The van der Waals surface area contributed by atoms with Gasteiger partial charge in [-0.15, -0.1) is 0 Å². The van der Waals surface area contributed by atoms with Crippen molar-refractivity contribution in [3.63, 3.8) is 0 Å². The molecule has 2 aromatic rings. The first-order chi connectivity index (χ1) is 18.4. The van der Waals surface area contributed by atoms with E-state index in [4.69, 9.17) is 4.98 Å². The summed E-state index contributed by atoms with van der Waals surface area (Å²) in [5, 5.41) is 9.38. The number of carbonyl (C=O) groups is 1. The molecule has 0 spiro atoms. The SMILES string of the molecule is CC1CC2CC(C1)CC(N1C3CCC(C)C1CC(n1c(=O)c(N4CC(C(=O)O)C4)nc4ccccc41)C3)C2. The molecule has 5 fully saturated rings. The molecule has 7 nitrogen and oxygen atoms in total. The van der Waals surface area contributed by atoms with Crippen molar-refractivity contribution in [1.82, 2.24) is 14.5 Å². The topological polar surface area (TPSA) is 78.7 Å². The molecule has 2 saturated carbocycles. The molecule has 38 heavy (non-hydrogen) atoms. The van der Waals surface area contributed by atoms with Crippen LogP contribution in [0.4, 0.5) is 5.82 Å². The summed E-state index contributed by atoms with van der Waals surface area (Å²) in [6, 6.07) is 9.94. The van der Waals surface area contributed by atoms with E-state index in [1.165, 1.54) is 44.9 Å². The third-order valence-electron chi connectivity index (χ3n) is 10.9. The van der Waals surface area contributed by atoms with Crippen molar-refractivity contribution in [2.24, 2.45) is 29.6 Å². The zero-order valence-corrected chi connectivity index (χ0v) is 22.8. The van der Waals surface area contributed by atoms with Crippen molar-refractivity contribution >= 4 is 22.8 Å². The van der Waals surface area contributed by atoms with Crippen molar-refractivity contribution in [1.29, 1.82) is 0 Å². The van der Waals surface area contributed by atoms with E-state index < -0.39 is 11.9 Å².